The quantitative estimate of drug-likeness (QED) is 0.247. The van der Waals surface area contributed by atoms with Crippen LogP contribution in [-0.2, 0) is 0 Å². The SMILES string of the molecule is O=[N+]([O-])C1(N=C=S)C=CC(N=C=S)C=C1. The molecule has 15 heavy (non-hydrogen) atoms. The van der Waals surface area contributed by atoms with E-state index >= 15 is 0 Å². The van der Waals surface area contributed by atoms with Crippen molar-refractivity contribution in [3.8, 4) is 0 Å². The van der Waals surface area contributed by atoms with Crippen molar-refractivity contribution in [2.24, 2.45) is 9.98 Å². The van der Waals surface area contributed by atoms with Crippen LogP contribution in [0.3, 0.4) is 0 Å². The smallest absolute Gasteiger partial charge is 0.261 e. The largest absolute Gasteiger partial charge is 0.359 e. The molecule has 0 amide bonds. The highest BCUT2D eigenvalue weighted by Gasteiger charge is 2.38. The van der Waals surface area contributed by atoms with Gasteiger partial charge in [-0.15, -0.1) is 4.99 Å². The number of rotatable bonds is 3. The van der Waals surface area contributed by atoms with Crippen molar-refractivity contribution >= 4 is 34.8 Å². The highest BCUT2D eigenvalue weighted by Crippen LogP contribution is 2.21. The lowest BCUT2D eigenvalue weighted by atomic mass is 10.0. The Morgan fingerprint density at radius 2 is 1.93 bits per heavy atom. The van der Waals surface area contributed by atoms with E-state index < -0.39 is 10.6 Å². The van der Waals surface area contributed by atoms with E-state index in [1.54, 1.807) is 0 Å². The summed E-state index contributed by atoms with van der Waals surface area (Å²) < 4.78 is 0. The van der Waals surface area contributed by atoms with Crippen LogP contribution in [0.15, 0.2) is 34.3 Å². The Morgan fingerprint density at radius 1 is 1.33 bits per heavy atom. The molecule has 0 unspecified atom stereocenters. The lowest BCUT2D eigenvalue weighted by molar-refractivity contribution is -0.538. The van der Waals surface area contributed by atoms with Crippen molar-refractivity contribution in [1.29, 1.82) is 0 Å². The predicted octanol–water partition coefficient (Wildman–Crippen LogP) is 1.66. The Hall–Kier alpha value is -1.52. The zero-order chi connectivity index (χ0) is 11.3. The van der Waals surface area contributed by atoms with E-state index in [0.717, 1.165) is 0 Å². The standard InChI is InChI=1S/C8H5N3O2S2/c12-11(13)8(10-6-15)3-1-7(2-4-8)9-5-14/h1-4,7H. The number of nitro groups is 1. The molecule has 0 N–H and O–H groups in total. The predicted molar refractivity (Wildman–Crippen MR) is 61.8 cm³/mol. The first-order chi connectivity index (χ1) is 7.14. The molecule has 0 saturated carbocycles. The highest BCUT2D eigenvalue weighted by molar-refractivity contribution is 7.78. The van der Waals surface area contributed by atoms with Crippen molar-refractivity contribution in [1.82, 2.24) is 0 Å². The minimum atomic E-state index is -1.64. The number of hydrogen-bond acceptors (Lipinski definition) is 6. The molecule has 1 rings (SSSR count). The fourth-order valence-electron chi connectivity index (χ4n) is 1.06. The van der Waals surface area contributed by atoms with Gasteiger partial charge >= 0.3 is 5.66 Å². The van der Waals surface area contributed by atoms with Crippen LogP contribution in [0.4, 0.5) is 0 Å². The van der Waals surface area contributed by atoms with Gasteiger partial charge in [0.05, 0.1) is 21.3 Å². The van der Waals surface area contributed by atoms with Gasteiger partial charge in [0.1, 0.15) is 0 Å². The maximum absolute atomic E-state index is 10.8. The number of aliphatic imine (C=N–C) groups is 2. The second-order valence-corrected chi connectivity index (χ2v) is 3.04. The third-order valence-electron chi connectivity index (χ3n) is 1.80. The van der Waals surface area contributed by atoms with Gasteiger partial charge in [-0.25, -0.2) is 4.99 Å². The summed E-state index contributed by atoms with van der Waals surface area (Å²) in [5.74, 6) is 0. The summed E-state index contributed by atoms with van der Waals surface area (Å²) in [6, 6.07) is -0.323. The van der Waals surface area contributed by atoms with Gasteiger partial charge in [-0.3, -0.25) is 10.1 Å². The summed E-state index contributed by atoms with van der Waals surface area (Å²) in [6.07, 6.45) is 5.62. The molecule has 0 bridgehead atoms. The first-order valence-electron chi connectivity index (χ1n) is 3.84. The average molecular weight is 239 g/mol. The van der Waals surface area contributed by atoms with Gasteiger partial charge < -0.3 is 0 Å². The van der Waals surface area contributed by atoms with E-state index in [-0.39, 0.29) is 6.04 Å². The third-order valence-corrected chi connectivity index (χ3v) is 1.99. The van der Waals surface area contributed by atoms with Crippen molar-refractivity contribution in [3.63, 3.8) is 0 Å². The van der Waals surface area contributed by atoms with Gasteiger partial charge in [-0.1, -0.05) is 0 Å². The van der Waals surface area contributed by atoms with Crippen LogP contribution in [-0.4, -0.2) is 27.0 Å². The molecular formula is C8H5N3O2S2. The Balaban J connectivity index is 3.05. The van der Waals surface area contributed by atoms with Crippen LogP contribution in [0.1, 0.15) is 0 Å². The van der Waals surface area contributed by atoms with Gasteiger partial charge in [-0.05, 0) is 36.6 Å². The normalized spacial score (nSPS) is 27.6. The second-order valence-electron chi connectivity index (χ2n) is 2.67. The number of hydrogen-bond donors (Lipinski definition) is 0. The first kappa shape index (κ1) is 11.6. The fourth-order valence-corrected chi connectivity index (χ4v) is 1.33. The molecule has 0 aromatic heterocycles. The van der Waals surface area contributed by atoms with Gasteiger partial charge in [0.25, 0.3) is 0 Å². The maximum Gasteiger partial charge on any atom is 0.359 e. The van der Waals surface area contributed by atoms with Crippen LogP contribution < -0.4 is 0 Å². The summed E-state index contributed by atoms with van der Waals surface area (Å²) >= 11 is 8.79. The molecule has 1 aliphatic rings. The Labute approximate surface area is 96.1 Å². The molecule has 76 valence electrons. The number of isothiocyanates is 2. The van der Waals surface area contributed by atoms with Crippen molar-refractivity contribution in [3.05, 3.63) is 34.4 Å². The van der Waals surface area contributed by atoms with Gasteiger partial charge in [0, 0.05) is 12.2 Å². The molecule has 0 radical (unpaired) electrons. The topological polar surface area (TPSA) is 67.9 Å². The molecule has 0 atom stereocenters. The molecule has 0 fully saturated rings. The maximum atomic E-state index is 10.8. The summed E-state index contributed by atoms with van der Waals surface area (Å²) in [4.78, 5) is 17.5. The molecule has 7 heteroatoms. The monoisotopic (exact) mass is 239 g/mol. The molecule has 0 aromatic rings. The lowest BCUT2D eigenvalue weighted by Crippen LogP contribution is -2.33. The van der Waals surface area contributed by atoms with E-state index in [1.807, 2.05) is 5.16 Å². The third kappa shape index (κ3) is 2.49. The van der Waals surface area contributed by atoms with E-state index in [9.17, 15) is 10.1 Å². The van der Waals surface area contributed by atoms with E-state index in [0.29, 0.717) is 0 Å². The minimum absolute atomic E-state index is 0.323. The van der Waals surface area contributed by atoms with Gasteiger partial charge in [0.15, 0.2) is 0 Å². The van der Waals surface area contributed by atoms with Gasteiger partial charge in [-0.2, -0.15) is 0 Å². The first-order valence-corrected chi connectivity index (χ1v) is 4.65. The van der Waals surface area contributed by atoms with E-state index in [1.165, 1.54) is 24.3 Å². The summed E-state index contributed by atoms with van der Waals surface area (Å²) in [6.45, 7) is 0. The van der Waals surface area contributed by atoms with E-state index in [2.05, 4.69) is 39.6 Å². The van der Waals surface area contributed by atoms with Gasteiger partial charge in [0.2, 0.25) is 0 Å². The summed E-state index contributed by atoms with van der Waals surface area (Å²) in [7, 11) is 0. The van der Waals surface area contributed by atoms with Crippen LogP contribution in [0.2, 0.25) is 0 Å². The summed E-state index contributed by atoms with van der Waals surface area (Å²) in [5, 5.41) is 15.0. The number of nitrogens with zero attached hydrogens (tertiary/aromatic N) is 3. The molecule has 0 aliphatic heterocycles. The molecule has 1 aliphatic carbocycles. The molecule has 0 aromatic carbocycles. The molecule has 0 saturated heterocycles. The number of thiocarbonyl (C=S) groups is 2. The zero-order valence-electron chi connectivity index (χ0n) is 7.36. The molecular weight excluding hydrogens is 234 g/mol. The lowest BCUT2D eigenvalue weighted by Gasteiger charge is -2.15. The van der Waals surface area contributed by atoms with E-state index in [4.69, 9.17) is 0 Å². The van der Waals surface area contributed by atoms with Crippen molar-refractivity contribution < 1.29 is 4.92 Å². The Bertz CT molecular complexity index is 413. The molecule has 0 spiro atoms. The van der Waals surface area contributed by atoms with Crippen LogP contribution in [0, 0.1) is 10.1 Å². The molecule has 5 nitrogen and oxygen atoms in total. The van der Waals surface area contributed by atoms with Crippen molar-refractivity contribution in [2.45, 2.75) is 11.7 Å². The van der Waals surface area contributed by atoms with Crippen molar-refractivity contribution in [2.75, 3.05) is 0 Å². The average Bonchev–Trinajstić information content (AvgIpc) is 2.21. The summed E-state index contributed by atoms with van der Waals surface area (Å²) in [5.41, 5.74) is -1.64. The van der Waals surface area contributed by atoms with Crippen LogP contribution >= 0.6 is 24.4 Å². The van der Waals surface area contributed by atoms with Crippen LogP contribution in [0.25, 0.3) is 0 Å². The highest BCUT2D eigenvalue weighted by atomic mass is 32.1. The fraction of sp³-hybridized carbons (Fsp3) is 0.250. The zero-order valence-corrected chi connectivity index (χ0v) is 8.99. The second kappa shape index (κ2) is 4.82. The molecule has 0 heterocycles. The Kier molecular flexibility index (Phi) is 3.71. The Morgan fingerprint density at radius 3 is 2.33 bits per heavy atom. The minimum Gasteiger partial charge on any atom is -0.261 e. The van der Waals surface area contributed by atoms with Crippen LogP contribution in [0.5, 0.6) is 0 Å².